The molecule has 0 aliphatic carbocycles. The van der Waals surface area contributed by atoms with E-state index in [1.54, 1.807) is 19.1 Å². The molecule has 0 fully saturated rings. The van der Waals surface area contributed by atoms with Gasteiger partial charge in [-0.1, -0.05) is 19.9 Å². The molecule has 0 aliphatic heterocycles. The van der Waals surface area contributed by atoms with Crippen LogP contribution in [0.3, 0.4) is 0 Å². The van der Waals surface area contributed by atoms with Crippen LogP contribution in [0.4, 0.5) is 0 Å². The van der Waals surface area contributed by atoms with Crippen LogP contribution in [0, 0.1) is 5.92 Å². The van der Waals surface area contributed by atoms with Crippen molar-refractivity contribution in [1.29, 1.82) is 0 Å². The van der Waals surface area contributed by atoms with Crippen molar-refractivity contribution < 1.29 is 18.3 Å². The summed E-state index contributed by atoms with van der Waals surface area (Å²) < 4.78 is 34.6. The van der Waals surface area contributed by atoms with Gasteiger partial charge in [-0.05, 0) is 12.1 Å². The number of sulfonamides is 1. The maximum atomic E-state index is 12.7. The second-order valence-corrected chi connectivity index (χ2v) is 7.02. The Morgan fingerprint density at radius 1 is 1.43 bits per heavy atom. The summed E-state index contributed by atoms with van der Waals surface area (Å²) in [6, 6.07) is 4.76. The predicted octanol–water partition coefficient (Wildman–Crippen LogP) is 1.42. The fourth-order valence-corrected chi connectivity index (χ4v) is 4.20. The van der Waals surface area contributed by atoms with Gasteiger partial charge in [-0.25, -0.2) is 8.42 Å². The van der Waals surface area contributed by atoms with E-state index in [2.05, 4.69) is 8.75 Å². The second-order valence-electron chi connectivity index (χ2n) is 4.58. The molecule has 0 saturated carbocycles. The third-order valence-corrected chi connectivity index (χ3v) is 5.63. The highest BCUT2D eigenvalue weighted by atomic mass is 32.2. The lowest BCUT2D eigenvalue weighted by atomic mass is 10.2. The van der Waals surface area contributed by atoms with Crippen molar-refractivity contribution >= 4 is 38.8 Å². The van der Waals surface area contributed by atoms with Crippen LogP contribution in [0.2, 0.25) is 0 Å². The fourth-order valence-electron chi connectivity index (χ4n) is 1.91. The SMILES string of the molecule is CCN(CC(C)C(=O)O)S(=O)(=O)c1cccc2nsnc12. The third kappa shape index (κ3) is 3.04. The number of rotatable bonds is 6. The number of carbonyl (C=O) groups is 1. The molecule has 0 amide bonds. The number of aliphatic carboxylic acids is 1. The van der Waals surface area contributed by atoms with Crippen molar-refractivity contribution in [3.8, 4) is 0 Å². The lowest BCUT2D eigenvalue weighted by Gasteiger charge is -2.22. The zero-order chi connectivity index (χ0) is 15.6. The molecule has 1 atom stereocenters. The van der Waals surface area contributed by atoms with E-state index in [0.717, 1.165) is 16.0 Å². The molecule has 0 radical (unpaired) electrons. The van der Waals surface area contributed by atoms with Gasteiger partial charge in [0.1, 0.15) is 15.9 Å². The van der Waals surface area contributed by atoms with E-state index in [9.17, 15) is 13.2 Å². The summed E-state index contributed by atoms with van der Waals surface area (Å²) in [5.41, 5.74) is 0.840. The minimum atomic E-state index is -3.80. The summed E-state index contributed by atoms with van der Waals surface area (Å²) in [5, 5.41) is 8.96. The highest BCUT2D eigenvalue weighted by Gasteiger charge is 2.29. The first-order valence-electron chi connectivity index (χ1n) is 6.32. The highest BCUT2D eigenvalue weighted by molar-refractivity contribution is 7.89. The summed E-state index contributed by atoms with van der Waals surface area (Å²) in [4.78, 5) is 11.0. The van der Waals surface area contributed by atoms with E-state index in [1.807, 2.05) is 0 Å². The van der Waals surface area contributed by atoms with Gasteiger partial charge in [0.25, 0.3) is 0 Å². The van der Waals surface area contributed by atoms with Crippen molar-refractivity contribution in [3.05, 3.63) is 18.2 Å². The van der Waals surface area contributed by atoms with Crippen molar-refractivity contribution in [2.24, 2.45) is 5.92 Å². The van der Waals surface area contributed by atoms with Crippen LogP contribution >= 0.6 is 11.7 Å². The summed E-state index contributed by atoms with van der Waals surface area (Å²) in [5.74, 6) is -1.82. The first kappa shape index (κ1) is 15.8. The van der Waals surface area contributed by atoms with Gasteiger partial charge >= 0.3 is 5.97 Å². The summed E-state index contributed by atoms with van der Waals surface area (Å²) in [6.45, 7) is 3.26. The van der Waals surface area contributed by atoms with Crippen molar-refractivity contribution in [2.75, 3.05) is 13.1 Å². The minimum absolute atomic E-state index is 0.0631. The summed E-state index contributed by atoms with van der Waals surface area (Å²) in [7, 11) is -3.80. The molecule has 1 aromatic carbocycles. The van der Waals surface area contributed by atoms with Gasteiger partial charge in [-0.15, -0.1) is 0 Å². The van der Waals surface area contributed by atoms with E-state index in [0.29, 0.717) is 11.0 Å². The van der Waals surface area contributed by atoms with E-state index in [4.69, 9.17) is 5.11 Å². The molecular formula is C12H15N3O4S2. The molecule has 0 saturated heterocycles. The fraction of sp³-hybridized carbons (Fsp3) is 0.417. The smallest absolute Gasteiger partial charge is 0.307 e. The molecule has 1 N–H and O–H groups in total. The maximum absolute atomic E-state index is 12.7. The first-order valence-corrected chi connectivity index (χ1v) is 8.49. The molecule has 0 spiro atoms. The Morgan fingerprint density at radius 3 is 2.76 bits per heavy atom. The Bertz CT molecular complexity index is 757. The van der Waals surface area contributed by atoms with Gasteiger partial charge in [0.05, 0.1) is 17.6 Å². The molecule has 9 heteroatoms. The van der Waals surface area contributed by atoms with Crippen molar-refractivity contribution in [1.82, 2.24) is 13.1 Å². The first-order chi connectivity index (χ1) is 9.87. The van der Waals surface area contributed by atoms with Gasteiger partial charge in [-0.2, -0.15) is 13.1 Å². The number of aromatic nitrogens is 2. The number of fused-ring (bicyclic) bond motifs is 1. The van der Waals surface area contributed by atoms with E-state index < -0.39 is 21.9 Å². The Labute approximate surface area is 126 Å². The quantitative estimate of drug-likeness (QED) is 0.860. The summed E-state index contributed by atoms with van der Waals surface area (Å²) >= 11 is 0.944. The van der Waals surface area contributed by atoms with Gasteiger partial charge in [0, 0.05) is 13.1 Å². The molecule has 2 aromatic rings. The second kappa shape index (κ2) is 6.04. The molecule has 1 unspecified atom stereocenters. The molecule has 0 aliphatic rings. The lowest BCUT2D eigenvalue weighted by Crippen LogP contribution is -2.36. The third-order valence-electron chi connectivity index (χ3n) is 3.12. The predicted molar refractivity (Wildman–Crippen MR) is 78.6 cm³/mol. The highest BCUT2D eigenvalue weighted by Crippen LogP contribution is 2.24. The molecule has 0 bridgehead atoms. The molecular weight excluding hydrogens is 314 g/mol. The zero-order valence-electron chi connectivity index (χ0n) is 11.6. The van der Waals surface area contributed by atoms with Gasteiger partial charge in [0.15, 0.2) is 0 Å². The Morgan fingerprint density at radius 2 is 2.14 bits per heavy atom. The molecule has 114 valence electrons. The lowest BCUT2D eigenvalue weighted by molar-refractivity contribution is -0.141. The van der Waals surface area contributed by atoms with Gasteiger partial charge in [-0.3, -0.25) is 4.79 Å². The van der Waals surface area contributed by atoms with E-state index >= 15 is 0 Å². The van der Waals surface area contributed by atoms with Crippen LogP contribution in [-0.4, -0.2) is 45.6 Å². The van der Waals surface area contributed by atoms with Gasteiger partial charge in [0.2, 0.25) is 10.0 Å². The standard InChI is InChI=1S/C12H15N3O4S2/c1-3-15(7-8(2)12(16)17)21(18,19)10-6-4-5-9-11(10)14-20-13-9/h4-6,8H,3,7H2,1-2H3,(H,16,17). The van der Waals surface area contributed by atoms with Crippen molar-refractivity contribution in [3.63, 3.8) is 0 Å². The molecule has 2 rings (SSSR count). The van der Waals surface area contributed by atoms with Crippen LogP contribution in [0.5, 0.6) is 0 Å². The largest absolute Gasteiger partial charge is 0.481 e. The van der Waals surface area contributed by atoms with Crippen LogP contribution < -0.4 is 0 Å². The van der Waals surface area contributed by atoms with Crippen LogP contribution in [0.1, 0.15) is 13.8 Å². The molecule has 21 heavy (non-hydrogen) atoms. The molecule has 1 aromatic heterocycles. The topological polar surface area (TPSA) is 100 Å². The van der Waals surface area contributed by atoms with Crippen molar-refractivity contribution in [2.45, 2.75) is 18.7 Å². The molecule has 1 heterocycles. The number of hydrogen-bond donors (Lipinski definition) is 1. The van der Waals surface area contributed by atoms with E-state index in [-0.39, 0.29) is 18.0 Å². The zero-order valence-corrected chi connectivity index (χ0v) is 13.2. The minimum Gasteiger partial charge on any atom is -0.481 e. The average Bonchev–Trinajstić information content (AvgIpc) is 2.91. The maximum Gasteiger partial charge on any atom is 0.307 e. The Hall–Kier alpha value is -1.58. The number of carboxylic acids is 1. The normalized spacial score (nSPS) is 13.7. The number of carboxylic acid groups (broad SMARTS) is 1. The Kier molecular flexibility index (Phi) is 4.55. The molecule has 7 nitrogen and oxygen atoms in total. The van der Waals surface area contributed by atoms with Crippen LogP contribution in [0.15, 0.2) is 23.1 Å². The average molecular weight is 329 g/mol. The number of nitrogens with zero attached hydrogens (tertiary/aromatic N) is 3. The number of benzene rings is 1. The monoisotopic (exact) mass is 329 g/mol. The van der Waals surface area contributed by atoms with Crippen LogP contribution in [0.25, 0.3) is 11.0 Å². The van der Waals surface area contributed by atoms with E-state index in [1.165, 1.54) is 13.0 Å². The number of hydrogen-bond acceptors (Lipinski definition) is 6. The van der Waals surface area contributed by atoms with Gasteiger partial charge < -0.3 is 5.11 Å². The Balaban J connectivity index is 2.44. The van der Waals surface area contributed by atoms with Crippen LogP contribution in [-0.2, 0) is 14.8 Å². The summed E-state index contributed by atoms with van der Waals surface area (Å²) in [6.07, 6.45) is 0.